The molecule has 0 aromatic heterocycles. The number of halogens is 1. The molecule has 0 saturated heterocycles. The van der Waals surface area contributed by atoms with Gasteiger partial charge in [0.2, 0.25) is 0 Å². The van der Waals surface area contributed by atoms with Gasteiger partial charge in [-0.25, -0.2) is 9.18 Å². The van der Waals surface area contributed by atoms with E-state index in [1.807, 2.05) is 13.8 Å². The van der Waals surface area contributed by atoms with E-state index in [2.05, 4.69) is 5.32 Å². The smallest absolute Gasteiger partial charge is 0.407 e. The fourth-order valence-corrected chi connectivity index (χ4v) is 2.27. The van der Waals surface area contributed by atoms with Crippen molar-refractivity contribution in [2.24, 2.45) is 0 Å². The van der Waals surface area contributed by atoms with Crippen LogP contribution in [0.2, 0.25) is 0 Å². The molecular formula is C14H18FNO3. The molecule has 5 heteroatoms. The maximum atomic E-state index is 13.3. The number of hydrogen-bond donors (Lipinski definition) is 1. The van der Waals surface area contributed by atoms with E-state index in [0.717, 1.165) is 0 Å². The number of benzene rings is 1. The van der Waals surface area contributed by atoms with Crippen molar-refractivity contribution in [3.63, 3.8) is 0 Å². The van der Waals surface area contributed by atoms with Crippen molar-refractivity contribution in [2.75, 3.05) is 6.61 Å². The summed E-state index contributed by atoms with van der Waals surface area (Å²) in [7, 11) is 0. The first kappa shape index (κ1) is 13.6. The van der Waals surface area contributed by atoms with Crippen molar-refractivity contribution in [1.82, 2.24) is 5.32 Å². The van der Waals surface area contributed by atoms with E-state index in [9.17, 15) is 9.18 Å². The van der Waals surface area contributed by atoms with Crippen molar-refractivity contribution in [3.8, 4) is 5.75 Å². The summed E-state index contributed by atoms with van der Waals surface area (Å²) < 4.78 is 24.0. The van der Waals surface area contributed by atoms with E-state index < -0.39 is 11.7 Å². The van der Waals surface area contributed by atoms with Gasteiger partial charge >= 0.3 is 6.09 Å². The summed E-state index contributed by atoms with van der Waals surface area (Å²) in [6.07, 6.45) is 0.0582. The minimum atomic E-state index is -0.500. The number of fused-ring (bicyclic) bond motifs is 1. The lowest BCUT2D eigenvalue weighted by Gasteiger charge is -2.37. The highest BCUT2D eigenvalue weighted by atomic mass is 19.1. The van der Waals surface area contributed by atoms with Crippen LogP contribution in [0, 0.1) is 5.82 Å². The Morgan fingerprint density at radius 2 is 2.32 bits per heavy atom. The molecule has 1 aliphatic rings. The van der Waals surface area contributed by atoms with Crippen LogP contribution in [-0.4, -0.2) is 18.3 Å². The number of nitrogens with one attached hydrogen (secondary N) is 1. The normalized spacial score (nSPS) is 20.1. The van der Waals surface area contributed by atoms with Gasteiger partial charge in [-0.15, -0.1) is 0 Å². The van der Waals surface area contributed by atoms with Crippen LogP contribution in [0.4, 0.5) is 9.18 Å². The van der Waals surface area contributed by atoms with Gasteiger partial charge in [0.05, 0.1) is 12.6 Å². The number of alkyl carbamates (subject to hydrolysis) is 1. The third-order valence-corrected chi connectivity index (χ3v) is 3.00. The summed E-state index contributed by atoms with van der Waals surface area (Å²) in [4.78, 5) is 11.5. The maximum Gasteiger partial charge on any atom is 0.407 e. The molecule has 1 aromatic carbocycles. The second kappa shape index (κ2) is 5.07. The zero-order chi connectivity index (χ0) is 14.0. The molecule has 0 aliphatic carbocycles. The molecule has 0 spiro atoms. The monoisotopic (exact) mass is 267 g/mol. The molecule has 1 atom stereocenters. The first-order valence-electron chi connectivity index (χ1n) is 6.33. The van der Waals surface area contributed by atoms with E-state index in [0.29, 0.717) is 24.3 Å². The van der Waals surface area contributed by atoms with Crippen molar-refractivity contribution < 1.29 is 18.7 Å². The molecule has 1 N–H and O–H groups in total. The predicted molar refractivity (Wildman–Crippen MR) is 68.6 cm³/mol. The van der Waals surface area contributed by atoms with Crippen LogP contribution in [0.3, 0.4) is 0 Å². The zero-order valence-electron chi connectivity index (χ0n) is 11.3. The Hall–Kier alpha value is -1.78. The Labute approximate surface area is 111 Å². The lowest BCUT2D eigenvalue weighted by molar-refractivity contribution is 0.0635. The number of ether oxygens (including phenoxy) is 2. The van der Waals surface area contributed by atoms with Crippen LogP contribution in [0.1, 0.15) is 38.8 Å². The third-order valence-electron chi connectivity index (χ3n) is 3.00. The lowest BCUT2D eigenvalue weighted by Crippen LogP contribution is -2.41. The van der Waals surface area contributed by atoms with E-state index in [1.54, 1.807) is 13.0 Å². The van der Waals surface area contributed by atoms with Crippen LogP contribution in [0.5, 0.6) is 5.75 Å². The van der Waals surface area contributed by atoms with Gasteiger partial charge in [0, 0.05) is 12.0 Å². The van der Waals surface area contributed by atoms with Gasteiger partial charge in [-0.2, -0.15) is 0 Å². The largest absolute Gasteiger partial charge is 0.487 e. The Bertz CT molecular complexity index is 488. The summed E-state index contributed by atoms with van der Waals surface area (Å²) in [5.41, 5.74) is 0.224. The zero-order valence-corrected chi connectivity index (χ0v) is 11.3. The molecule has 0 fully saturated rings. The maximum absolute atomic E-state index is 13.3. The number of hydrogen-bond acceptors (Lipinski definition) is 3. The quantitative estimate of drug-likeness (QED) is 0.895. The van der Waals surface area contributed by atoms with Gasteiger partial charge in [-0.1, -0.05) is 0 Å². The van der Waals surface area contributed by atoms with Crippen LogP contribution >= 0.6 is 0 Å². The van der Waals surface area contributed by atoms with Crippen LogP contribution in [0.25, 0.3) is 0 Å². The van der Waals surface area contributed by atoms with Gasteiger partial charge in [-0.3, -0.25) is 0 Å². The molecule has 0 bridgehead atoms. The molecule has 1 amide bonds. The first-order chi connectivity index (χ1) is 8.91. The predicted octanol–water partition coefficient (Wildman–Crippen LogP) is 3.17. The molecule has 1 heterocycles. The molecule has 104 valence electrons. The second-order valence-corrected chi connectivity index (χ2v) is 5.17. The Morgan fingerprint density at radius 1 is 1.58 bits per heavy atom. The summed E-state index contributed by atoms with van der Waals surface area (Å²) in [6, 6.07) is 4.02. The van der Waals surface area contributed by atoms with Gasteiger partial charge in [-0.05, 0) is 39.0 Å². The second-order valence-electron chi connectivity index (χ2n) is 5.17. The highest BCUT2D eigenvalue weighted by Gasteiger charge is 2.35. The SMILES string of the molecule is CCOC(=O)NC1CC(C)(C)Oc2ccc(F)cc21. The Kier molecular flexibility index (Phi) is 3.64. The molecule has 2 rings (SSSR count). The fourth-order valence-electron chi connectivity index (χ4n) is 2.27. The first-order valence-corrected chi connectivity index (χ1v) is 6.33. The van der Waals surface area contributed by atoms with Crippen molar-refractivity contribution in [2.45, 2.75) is 38.8 Å². The summed E-state index contributed by atoms with van der Waals surface area (Å²) in [5.74, 6) is 0.247. The minimum Gasteiger partial charge on any atom is -0.487 e. The standard InChI is InChI=1S/C14H18FNO3/c1-4-18-13(17)16-11-8-14(2,3)19-12-6-5-9(15)7-10(11)12/h5-7,11H,4,8H2,1-3H3,(H,16,17). The van der Waals surface area contributed by atoms with E-state index in [1.165, 1.54) is 12.1 Å². The van der Waals surface area contributed by atoms with E-state index >= 15 is 0 Å². The summed E-state index contributed by atoms with van der Waals surface area (Å²) in [5, 5.41) is 2.75. The Balaban J connectivity index is 2.28. The number of amides is 1. The Morgan fingerprint density at radius 3 is 3.00 bits per heavy atom. The van der Waals surface area contributed by atoms with Crippen molar-refractivity contribution >= 4 is 6.09 Å². The lowest BCUT2D eigenvalue weighted by atomic mass is 9.90. The molecular weight excluding hydrogens is 249 g/mol. The fraction of sp³-hybridized carbons (Fsp3) is 0.500. The molecule has 4 nitrogen and oxygen atoms in total. The van der Waals surface area contributed by atoms with Crippen molar-refractivity contribution in [1.29, 1.82) is 0 Å². The molecule has 19 heavy (non-hydrogen) atoms. The highest BCUT2D eigenvalue weighted by Crippen LogP contribution is 2.39. The number of rotatable bonds is 2. The summed E-state index contributed by atoms with van der Waals surface area (Å²) in [6.45, 7) is 5.90. The average molecular weight is 267 g/mol. The molecule has 0 saturated carbocycles. The molecule has 0 radical (unpaired) electrons. The van der Waals surface area contributed by atoms with E-state index in [-0.39, 0.29) is 11.9 Å². The highest BCUT2D eigenvalue weighted by molar-refractivity contribution is 5.68. The molecule has 1 aromatic rings. The topological polar surface area (TPSA) is 47.6 Å². The van der Waals surface area contributed by atoms with Crippen LogP contribution in [-0.2, 0) is 4.74 Å². The van der Waals surface area contributed by atoms with Gasteiger partial charge in [0.1, 0.15) is 17.2 Å². The summed E-state index contributed by atoms with van der Waals surface area (Å²) >= 11 is 0. The number of carbonyl (C=O) groups excluding carboxylic acids is 1. The van der Waals surface area contributed by atoms with Gasteiger partial charge in [0.25, 0.3) is 0 Å². The molecule has 1 unspecified atom stereocenters. The average Bonchev–Trinajstić information content (AvgIpc) is 2.29. The third kappa shape index (κ3) is 3.16. The van der Waals surface area contributed by atoms with Gasteiger partial charge in [0.15, 0.2) is 0 Å². The van der Waals surface area contributed by atoms with E-state index in [4.69, 9.17) is 9.47 Å². The number of carbonyl (C=O) groups is 1. The minimum absolute atomic E-state index is 0.300. The molecule has 1 aliphatic heterocycles. The van der Waals surface area contributed by atoms with Gasteiger partial charge < -0.3 is 14.8 Å². The van der Waals surface area contributed by atoms with Crippen molar-refractivity contribution in [3.05, 3.63) is 29.6 Å². The van der Waals surface area contributed by atoms with Crippen LogP contribution in [0.15, 0.2) is 18.2 Å². The van der Waals surface area contributed by atoms with Crippen LogP contribution < -0.4 is 10.1 Å².